The van der Waals surface area contributed by atoms with Gasteiger partial charge in [0.2, 0.25) is 5.91 Å². The molecule has 1 saturated heterocycles. The van der Waals surface area contributed by atoms with Crippen LogP contribution in [0, 0.1) is 0 Å². The Balaban J connectivity index is 1.84. The third-order valence-electron chi connectivity index (χ3n) is 5.05. The lowest BCUT2D eigenvalue weighted by Gasteiger charge is -2.46. The van der Waals surface area contributed by atoms with Gasteiger partial charge in [0.1, 0.15) is 11.5 Å². The lowest BCUT2D eigenvalue weighted by molar-refractivity contribution is -0.132. The molecule has 8 heteroatoms. The van der Waals surface area contributed by atoms with Crippen LogP contribution < -0.4 is 14.8 Å². The fourth-order valence-corrected chi connectivity index (χ4v) is 5.93. The van der Waals surface area contributed by atoms with Crippen LogP contribution in [0.1, 0.15) is 24.8 Å². The van der Waals surface area contributed by atoms with Crippen molar-refractivity contribution in [3.8, 4) is 11.5 Å². The Bertz CT molecular complexity index is 1020. The van der Waals surface area contributed by atoms with E-state index < -0.39 is 32.6 Å². The third-order valence-corrected chi connectivity index (χ3v) is 7.72. The number of hydrogen-bond acceptors (Lipinski definition) is 5. The van der Waals surface area contributed by atoms with Crippen molar-refractivity contribution < 1.29 is 22.7 Å². The number of hydrogen-bond donors (Lipinski definition) is 1. The highest BCUT2D eigenvalue weighted by atomic mass is 79.9. The first kappa shape index (κ1) is 18.3. The van der Waals surface area contributed by atoms with E-state index in [0.717, 1.165) is 4.47 Å². The van der Waals surface area contributed by atoms with Crippen LogP contribution in [-0.4, -0.2) is 32.4 Å². The largest absolute Gasteiger partial charge is 0.497 e. The summed E-state index contributed by atoms with van der Waals surface area (Å²) in [7, 11) is -2.33. The smallest absolute Gasteiger partial charge is 0.242 e. The number of halogens is 1. The molecule has 2 aromatic carbocycles. The van der Waals surface area contributed by atoms with Gasteiger partial charge in [0.15, 0.2) is 20.8 Å². The van der Waals surface area contributed by atoms with Crippen LogP contribution in [0.2, 0.25) is 0 Å². The molecule has 2 aliphatic rings. The molecule has 1 fully saturated rings. The fraction of sp³-hybridized carbons (Fsp3) is 0.316. The number of carbonyl (C=O) groups excluding carboxylic acids is 1. The maximum absolute atomic E-state index is 13.3. The van der Waals surface area contributed by atoms with Crippen LogP contribution >= 0.6 is 15.9 Å². The van der Waals surface area contributed by atoms with Crippen molar-refractivity contribution in [3.63, 3.8) is 0 Å². The molecule has 2 heterocycles. The number of benzene rings is 2. The maximum atomic E-state index is 13.3. The summed E-state index contributed by atoms with van der Waals surface area (Å²) < 4.78 is 38.6. The van der Waals surface area contributed by atoms with E-state index in [1.54, 1.807) is 44.4 Å². The number of amides is 1. The van der Waals surface area contributed by atoms with Gasteiger partial charge in [-0.15, -0.1) is 0 Å². The number of fused-ring (bicyclic) bond motifs is 4. The summed E-state index contributed by atoms with van der Waals surface area (Å²) in [5.74, 6) is 0.0882. The Morgan fingerprint density at radius 3 is 2.59 bits per heavy atom. The van der Waals surface area contributed by atoms with Gasteiger partial charge in [-0.05, 0) is 42.8 Å². The number of nitrogens with one attached hydrogen (secondary N) is 1. The quantitative estimate of drug-likeness (QED) is 0.775. The van der Waals surface area contributed by atoms with Crippen LogP contribution in [0.3, 0.4) is 0 Å². The first-order chi connectivity index (χ1) is 12.7. The Morgan fingerprint density at radius 2 is 1.93 bits per heavy atom. The van der Waals surface area contributed by atoms with E-state index in [1.807, 2.05) is 0 Å². The second-order valence-electron chi connectivity index (χ2n) is 6.96. The second-order valence-corrected chi connectivity index (χ2v) is 9.94. The number of ether oxygens (including phenoxy) is 2. The van der Waals surface area contributed by atoms with E-state index >= 15 is 0 Å². The average molecular weight is 452 g/mol. The third kappa shape index (κ3) is 3.00. The minimum Gasteiger partial charge on any atom is -0.497 e. The van der Waals surface area contributed by atoms with Crippen LogP contribution in [0.5, 0.6) is 11.5 Å². The maximum Gasteiger partial charge on any atom is 0.242 e. The second kappa shape index (κ2) is 6.24. The molecule has 2 bridgehead atoms. The highest BCUT2D eigenvalue weighted by Gasteiger charge is 2.54. The van der Waals surface area contributed by atoms with Crippen LogP contribution in [-0.2, 0) is 14.6 Å². The van der Waals surface area contributed by atoms with E-state index in [1.165, 1.54) is 12.1 Å². The predicted molar refractivity (Wildman–Crippen MR) is 103 cm³/mol. The van der Waals surface area contributed by atoms with E-state index in [9.17, 15) is 13.2 Å². The summed E-state index contributed by atoms with van der Waals surface area (Å²) in [5.41, 5.74) is -0.249. The van der Waals surface area contributed by atoms with Gasteiger partial charge in [-0.2, -0.15) is 0 Å². The molecule has 1 N–H and O–H groups in total. The molecule has 0 aliphatic carbocycles. The predicted octanol–water partition coefficient (Wildman–Crippen LogP) is 3.01. The van der Waals surface area contributed by atoms with Crippen LogP contribution in [0.25, 0.3) is 0 Å². The van der Waals surface area contributed by atoms with Gasteiger partial charge < -0.3 is 14.8 Å². The monoisotopic (exact) mass is 451 g/mol. The lowest BCUT2D eigenvalue weighted by atomic mass is 9.81. The standard InChI is InChI=1S/C19H18BrNO5S/c1-19-10-15(14-8-5-12(25-2)9-16(14)26-19)17(18(22)21-19)27(23,24)13-6-3-11(20)4-7-13/h3-9,15,17H,10H2,1-2H3,(H,21,22)/t15-,17-,19+/m1/s1. The summed E-state index contributed by atoms with van der Waals surface area (Å²) in [4.78, 5) is 13.0. The van der Waals surface area contributed by atoms with Crippen molar-refractivity contribution in [1.29, 1.82) is 0 Å². The van der Waals surface area contributed by atoms with Gasteiger partial charge in [0.25, 0.3) is 0 Å². The average Bonchev–Trinajstić information content (AvgIpc) is 2.60. The van der Waals surface area contributed by atoms with Crippen molar-refractivity contribution in [2.24, 2.45) is 0 Å². The number of sulfone groups is 1. The van der Waals surface area contributed by atoms with E-state index in [-0.39, 0.29) is 4.90 Å². The fourth-order valence-electron chi connectivity index (χ4n) is 3.84. The molecule has 2 aliphatic heterocycles. The zero-order chi connectivity index (χ0) is 19.4. The molecule has 4 rings (SSSR count). The van der Waals surface area contributed by atoms with Crippen LogP contribution in [0.15, 0.2) is 51.8 Å². The normalized spacial score (nSPS) is 26.6. The van der Waals surface area contributed by atoms with Crippen molar-refractivity contribution in [2.45, 2.75) is 35.1 Å². The van der Waals surface area contributed by atoms with Gasteiger partial charge in [0.05, 0.1) is 12.0 Å². The number of methoxy groups -OCH3 is 1. The SMILES string of the molecule is COc1ccc2c(c1)O[C@@]1(C)C[C@H]2[C@@H](S(=O)(=O)c2ccc(Br)cc2)C(=O)N1. The van der Waals surface area contributed by atoms with Crippen molar-refractivity contribution in [3.05, 3.63) is 52.5 Å². The van der Waals surface area contributed by atoms with Gasteiger partial charge in [0, 0.05) is 22.9 Å². The Morgan fingerprint density at radius 1 is 1.22 bits per heavy atom. The first-order valence-corrected chi connectivity index (χ1v) is 10.8. The van der Waals surface area contributed by atoms with Crippen LogP contribution in [0.4, 0.5) is 0 Å². The van der Waals surface area contributed by atoms with Crippen molar-refractivity contribution in [2.75, 3.05) is 7.11 Å². The summed E-state index contributed by atoms with van der Waals surface area (Å²) in [5, 5.41) is 1.53. The van der Waals surface area contributed by atoms with E-state index in [2.05, 4.69) is 21.2 Å². The molecule has 2 aromatic rings. The minimum absolute atomic E-state index is 0.121. The van der Waals surface area contributed by atoms with Gasteiger partial charge in [-0.3, -0.25) is 4.79 Å². The molecule has 6 nitrogen and oxygen atoms in total. The van der Waals surface area contributed by atoms with Crippen molar-refractivity contribution >= 4 is 31.7 Å². The molecule has 27 heavy (non-hydrogen) atoms. The molecule has 0 spiro atoms. The highest BCUT2D eigenvalue weighted by Crippen LogP contribution is 2.48. The highest BCUT2D eigenvalue weighted by molar-refractivity contribution is 9.10. The zero-order valence-electron chi connectivity index (χ0n) is 14.7. The summed E-state index contributed by atoms with van der Waals surface area (Å²) in [6.07, 6.45) is 0.374. The van der Waals surface area contributed by atoms with Gasteiger partial charge in [-0.1, -0.05) is 22.0 Å². The molecular formula is C19H18BrNO5S. The molecule has 0 radical (unpaired) electrons. The molecule has 3 atom stereocenters. The Hall–Kier alpha value is -2.06. The number of rotatable bonds is 3. The Kier molecular flexibility index (Phi) is 4.23. The molecular weight excluding hydrogens is 434 g/mol. The van der Waals surface area contributed by atoms with E-state index in [0.29, 0.717) is 23.5 Å². The van der Waals surface area contributed by atoms with Crippen molar-refractivity contribution in [1.82, 2.24) is 5.32 Å². The first-order valence-electron chi connectivity index (χ1n) is 8.42. The molecule has 0 aromatic heterocycles. The minimum atomic E-state index is -3.88. The lowest BCUT2D eigenvalue weighted by Crippen LogP contribution is -2.63. The topological polar surface area (TPSA) is 81.7 Å². The number of piperidine rings is 1. The van der Waals surface area contributed by atoms with Gasteiger partial charge >= 0.3 is 0 Å². The van der Waals surface area contributed by atoms with E-state index in [4.69, 9.17) is 9.47 Å². The van der Waals surface area contributed by atoms with Gasteiger partial charge in [-0.25, -0.2) is 8.42 Å². The summed E-state index contributed by atoms with van der Waals surface area (Å²) >= 11 is 3.30. The Labute approximate surface area is 165 Å². The molecule has 142 valence electrons. The molecule has 1 amide bonds. The molecule has 0 saturated carbocycles. The molecule has 0 unspecified atom stereocenters. The summed E-state index contributed by atoms with van der Waals surface area (Å²) in [6, 6.07) is 11.6. The number of carbonyl (C=O) groups is 1. The summed E-state index contributed by atoms with van der Waals surface area (Å²) in [6.45, 7) is 1.75. The zero-order valence-corrected chi connectivity index (χ0v) is 17.1.